The fourth-order valence-electron chi connectivity index (χ4n) is 3.40. The number of methoxy groups -OCH3 is 1. The second kappa shape index (κ2) is 11.6. The molecule has 1 aliphatic heterocycles. The molecule has 2 amide bonds. The summed E-state index contributed by atoms with van der Waals surface area (Å²) in [6, 6.07) is 18.5. The number of hydrogen-bond acceptors (Lipinski definition) is 6. The molecule has 184 valence electrons. The molecule has 0 saturated carbocycles. The highest BCUT2D eigenvalue weighted by molar-refractivity contribution is 9.10. The molecule has 0 spiro atoms. The molecule has 3 aromatic rings. The average Bonchev–Trinajstić information content (AvgIpc) is 3.10. The lowest BCUT2D eigenvalue weighted by Gasteiger charge is -2.15. The van der Waals surface area contributed by atoms with Crippen LogP contribution in [0.15, 0.2) is 74.5 Å². The van der Waals surface area contributed by atoms with Crippen molar-refractivity contribution >= 4 is 78.1 Å². The molecular weight excluding hydrogens is 628 g/mol. The molecule has 3 aromatic carbocycles. The van der Waals surface area contributed by atoms with Crippen LogP contribution in [0.1, 0.15) is 27.0 Å². The van der Waals surface area contributed by atoms with E-state index in [-0.39, 0.29) is 4.32 Å². The second-order valence-electron chi connectivity index (χ2n) is 7.78. The lowest BCUT2D eigenvalue weighted by atomic mass is 10.1. The number of hydrazine groups is 1. The Labute approximate surface area is 235 Å². The van der Waals surface area contributed by atoms with Crippen molar-refractivity contribution in [1.82, 2.24) is 10.4 Å². The summed E-state index contributed by atoms with van der Waals surface area (Å²) < 4.78 is 13.3. The molecule has 10 heteroatoms. The van der Waals surface area contributed by atoms with Crippen LogP contribution < -0.4 is 14.9 Å². The number of amides is 2. The van der Waals surface area contributed by atoms with Gasteiger partial charge in [-0.05, 0) is 88.7 Å². The van der Waals surface area contributed by atoms with Gasteiger partial charge in [0, 0.05) is 10.0 Å². The van der Waals surface area contributed by atoms with Gasteiger partial charge >= 0.3 is 0 Å². The third-order valence-electron chi connectivity index (χ3n) is 5.13. The smallest absolute Gasteiger partial charge is 0.285 e. The molecular formula is C26H20Br2N2O4S2. The molecule has 1 saturated heterocycles. The van der Waals surface area contributed by atoms with Crippen LogP contribution in [0.2, 0.25) is 0 Å². The number of rotatable bonds is 7. The molecule has 0 unspecified atom stereocenters. The Morgan fingerprint density at radius 2 is 1.89 bits per heavy atom. The second-order valence-corrected chi connectivity index (χ2v) is 11.2. The fraction of sp³-hybridized carbons (Fsp3) is 0.115. The van der Waals surface area contributed by atoms with Gasteiger partial charge in [0.2, 0.25) is 0 Å². The van der Waals surface area contributed by atoms with E-state index in [1.54, 1.807) is 43.5 Å². The highest BCUT2D eigenvalue weighted by Gasteiger charge is 2.34. The van der Waals surface area contributed by atoms with Crippen molar-refractivity contribution < 1.29 is 19.1 Å². The van der Waals surface area contributed by atoms with E-state index in [1.165, 1.54) is 0 Å². The number of nitrogens with zero attached hydrogens (tertiary/aromatic N) is 1. The van der Waals surface area contributed by atoms with Crippen molar-refractivity contribution in [3.8, 4) is 11.5 Å². The van der Waals surface area contributed by atoms with Gasteiger partial charge in [-0.25, -0.2) is 0 Å². The SMILES string of the molecule is COc1cc(/C=C2/SC(=S)N(NC(=O)c3ccc(Br)cc3)C2=O)cc(Br)c1OCc1cccc(C)c1. The van der Waals surface area contributed by atoms with Crippen molar-refractivity contribution in [2.75, 3.05) is 7.11 Å². The number of nitrogens with one attached hydrogen (secondary N) is 1. The third-order valence-corrected chi connectivity index (χ3v) is 7.55. The van der Waals surface area contributed by atoms with E-state index >= 15 is 0 Å². The maximum atomic E-state index is 13.0. The van der Waals surface area contributed by atoms with Crippen molar-refractivity contribution in [1.29, 1.82) is 0 Å². The summed E-state index contributed by atoms with van der Waals surface area (Å²) in [7, 11) is 1.56. The number of thioether (sulfide) groups is 1. The number of hydrogen-bond donors (Lipinski definition) is 1. The summed E-state index contributed by atoms with van der Waals surface area (Å²) in [6.07, 6.45) is 1.70. The monoisotopic (exact) mass is 646 g/mol. The van der Waals surface area contributed by atoms with Gasteiger partial charge in [-0.3, -0.25) is 15.0 Å². The Kier molecular flexibility index (Phi) is 8.50. The summed E-state index contributed by atoms with van der Waals surface area (Å²) in [5.41, 5.74) is 5.90. The average molecular weight is 648 g/mol. The molecule has 36 heavy (non-hydrogen) atoms. The molecule has 0 bridgehead atoms. The van der Waals surface area contributed by atoms with Crippen molar-refractivity contribution in [2.24, 2.45) is 0 Å². The van der Waals surface area contributed by atoms with Crippen LogP contribution in [0, 0.1) is 6.92 Å². The summed E-state index contributed by atoms with van der Waals surface area (Å²) >= 11 is 13.3. The van der Waals surface area contributed by atoms with E-state index in [0.717, 1.165) is 32.4 Å². The van der Waals surface area contributed by atoms with Crippen LogP contribution in [0.3, 0.4) is 0 Å². The van der Waals surface area contributed by atoms with Crippen LogP contribution in [0.25, 0.3) is 6.08 Å². The molecule has 1 fully saturated rings. The van der Waals surface area contributed by atoms with Gasteiger partial charge < -0.3 is 9.47 Å². The topological polar surface area (TPSA) is 67.9 Å². The fourth-order valence-corrected chi connectivity index (χ4v) is 5.42. The quantitative estimate of drug-likeness (QED) is 0.229. The molecule has 0 aromatic heterocycles. The third kappa shape index (κ3) is 6.18. The minimum Gasteiger partial charge on any atom is -0.493 e. The largest absolute Gasteiger partial charge is 0.493 e. The van der Waals surface area contributed by atoms with E-state index in [9.17, 15) is 9.59 Å². The number of halogens is 2. The van der Waals surface area contributed by atoms with E-state index in [2.05, 4.69) is 43.4 Å². The minimum absolute atomic E-state index is 0.237. The summed E-state index contributed by atoms with van der Waals surface area (Å²) in [5.74, 6) is 0.234. The first-order chi connectivity index (χ1) is 17.2. The Morgan fingerprint density at radius 1 is 1.14 bits per heavy atom. The Balaban J connectivity index is 1.51. The molecule has 0 radical (unpaired) electrons. The molecule has 1 aliphatic rings. The lowest BCUT2D eigenvalue weighted by Crippen LogP contribution is -2.44. The van der Waals surface area contributed by atoms with Crippen LogP contribution in [-0.2, 0) is 11.4 Å². The van der Waals surface area contributed by atoms with E-state index < -0.39 is 11.8 Å². The van der Waals surface area contributed by atoms with Gasteiger partial charge in [-0.2, -0.15) is 5.01 Å². The highest BCUT2D eigenvalue weighted by atomic mass is 79.9. The van der Waals surface area contributed by atoms with Gasteiger partial charge in [0.1, 0.15) is 6.61 Å². The van der Waals surface area contributed by atoms with Gasteiger partial charge in [0.25, 0.3) is 11.8 Å². The predicted molar refractivity (Wildman–Crippen MR) is 153 cm³/mol. The maximum absolute atomic E-state index is 13.0. The molecule has 4 rings (SSSR count). The molecule has 6 nitrogen and oxygen atoms in total. The minimum atomic E-state index is -0.431. The number of thiocarbonyl (C=S) groups is 1. The van der Waals surface area contributed by atoms with Crippen molar-refractivity contribution in [3.63, 3.8) is 0 Å². The predicted octanol–water partition coefficient (Wildman–Crippen LogP) is 6.65. The number of benzene rings is 3. The number of carbonyl (C=O) groups excluding carboxylic acids is 2. The van der Waals surface area contributed by atoms with Crippen molar-refractivity contribution in [3.05, 3.63) is 96.8 Å². The number of carbonyl (C=O) groups is 2. The zero-order valence-corrected chi connectivity index (χ0v) is 24.0. The van der Waals surface area contributed by atoms with Crippen LogP contribution in [-0.4, -0.2) is 28.3 Å². The van der Waals surface area contributed by atoms with E-state index in [4.69, 9.17) is 21.7 Å². The Bertz CT molecular complexity index is 1380. The van der Waals surface area contributed by atoms with E-state index in [0.29, 0.717) is 38.6 Å². The molecule has 0 atom stereocenters. The Hall–Kier alpha value is -2.66. The van der Waals surface area contributed by atoms with Gasteiger partial charge in [-0.1, -0.05) is 57.5 Å². The molecule has 1 N–H and O–H groups in total. The van der Waals surface area contributed by atoms with Gasteiger partial charge in [0.05, 0.1) is 16.5 Å². The highest BCUT2D eigenvalue weighted by Crippen LogP contribution is 2.39. The normalized spacial score (nSPS) is 14.3. The molecule has 0 aliphatic carbocycles. The van der Waals surface area contributed by atoms with Gasteiger partial charge in [0.15, 0.2) is 15.8 Å². The first-order valence-electron chi connectivity index (χ1n) is 10.7. The zero-order chi connectivity index (χ0) is 25.8. The zero-order valence-electron chi connectivity index (χ0n) is 19.2. The number of ether oxygens (including phenoxy) is 2. The maximum Gasteiger partial charge on any atom is 0.285 e. The van der Waals surface area contributed by atoms with E-state index in [1.807, 2.05) is 31.2 Å². The molecule has 1 heterocycles. The Morgan fingerprint density at radius 3 is 2.58 bits per heavy atom. The van der Waals surface area contributed by atoms with Gasteiger partial charge in [-0.15, -0.1) is 0 Å². The summed E-state index contributed by atoms with van der Waals surface area (Å²) in [4.78, 5) is 25.9. The number of aryl methyl sites for hydroxylation is 1. The summed E-state index contributed by atoms with van der Waals surface area (Å²) in [5, 5.41) is 1.09. The van der Waals surface area contributed by atoms with Crippen LogP contribution in [0.4, 0.5) is 0 Å². The van der Waals surface area contributed by atoms with Crippen LogP contribution in [0.5, 0.6) is 11.5 Å². The lowest BCUT2D eigenvalue weighted by molar-refractivity contribution is -0.123. The standard InChI is InChI=1S/C26H20Br2N2O4S2/c1-15-4-3-5-16(10-15)14-34-23-20(28)11-17(12-21(23)33-2)13-22-25(32)30(26(35)36-22)29-24(31)18-6-8-19(27)9-7-18/h3-13H,14H2,1-2H3,(H,29,31)/b22-13+. The van der Waals surface area contributed by atoms with Crippen molar-refractivity contribution in [2.45, 2.75) is 13.5 Å². The summed E-state index contributed by atoms with van der Waals surface area (Å²) in [6.45, 7) is 2.41. The first kappa shape index (κ1) is 26.4. The van der Waals surface area contributed by atoms with Crippen LogP contribution >= 0.6 is 55.8 Å². The first-order valence-corrected chi connectivity index (χ1v) is 13.5.